The second kappa shape index (κ2) is 13.9. The van der Waals surface area contributed by atoms with Gasteiger partial charge in [-0.3, -0.25) is 14.0 Å². The molecule has 0 spiro atoms. The van der Waals surface area contributed by atoms with Crippen LogP contribution in [0.3, 0.4) is 0 Å². The lowest BCUT2D eigenvalue weighted by Gasteiger charge is -2.27. The summed E-state index contributed by atoms with van der Waals surface area (Å²) in [5.41, 5.74) is 3.75. The molecule has 0 aliphatic rings. The summed E-state index contributed by atoms with van der Waals surface area (Å²) < 4.78 is 12.4. The number of aliphatic hydroxyl groups is 1. The number of rotatable bonds is 9. The van der Waals surface area contributed by atoms with Crippen molar-refractivity contribution in [3.05, 3.63) is 105 Å². The van der Waals surface area contributed by atoms with E-state index in [9.17, 15) is 19.5 Å². The Labute approximate surface area is 281 Å². The first-order valence-corrected chi connectivity index (χ1v) is 15.4. The molecule has 5 aromatic rings. The van der Waals surface area contributed by atoms with Crippen LogP contribution >= 0.6 is 23.2 Å². The summed E-state index contributed by atoms with van der Waals surface area (Å²) in [7, 11) is 1.49. The Balaban J connectivity index is 1.49. The van der Waals surface area contributed by atoms with E-state index < -0.39 is 17.3 Å². The molecule has 12 heteroatoms. The zero-order valence-electron chi connectivity index (χ0n) is 26.2. The van der Waals surface area contributed by atoms with Crippen molar-refractivity contribution in [2.75, 3.05) is 20.3 Å². The minimum Gasteiger partial charge on any atom is -0.481 e. The number of pyridine rings is 2. The predicted octanol–water partition coefficient (Wildman–Crippen LogP) is 6.95. The molecule has 0 saturated heterocycles. The average molecular weight is 676 g/mol. The van der Waals surface area contributed by atoms with Crippen LogP contribution in [0.25, 0.3) is 39.2 Å². The van der Waals surface area contributed by atoms with E-state index in [-0.39, 0.29) is 25.3 Å². The van der Waals surface area contributed by atoms with E-state index in [2.05, 4.69) is 4.98 Å². The van der Waals surface area contributed by atoms with Crippen LogP contribution in [-0.2, 0) is 11.3 Å². The molecule has 5 rings (SSSR count). The maximum absolute atomic E-state index is 12.8. The Kier molecular flexibility index (Phi) is 9.95. The molecule has 47 heavy (non-hydrogen) atoms. The van der Waals surface area contributed by atoms with Crippen molar-refractivity contribution in [3.8, 4) is 39.4 Å². The number of ether oxygens (including phenoxy) is 2. The van der Waals surface area contributed by atoms with Gasteiger partial charge in [-0.25, -0.2) is 14.8 Å². The van der Waals surface area contributed by atoms with Crippen LogP contribution in [-0.4, -0.2) is 62.6 Å². The zero-order chi connectivity index (χ0) is 33.9. The van der Waals surface area contributed by atoms with Crippen LogP contribution in [0.5, 0.6) is 5.88 Å². The summed E-state index contributed by atoms with van der Waals surface area (Å²) in [6, 6.07) is 18.2. The van der Waals surface area contributed by atoms with Crippen molar-refractivity contribution in [1.29, 1.82) is 0 Å². The maximum Gasteiger partial charge on any atom is 0.410 e. The third-order valence-corrected chi connectivity index (χ3v) is 8.07. The lowest BCUT2D eigenvalue weighted by atomic mass is 9.97. The highest BCUT2D eigenvalue weighted by molar-refractivity contribution is 6.39. The first-order chi connectivity index (χ1) is 22.4. The molecule has 0 saturated carbocycles. The summed E-state index contributed by atoms with van der Waals surface area (Å²) in [4.78, 5) is 46.8. The molecule has 0 unspecified atom stereocenters. The molecule has 1 N–H and O–H groups in total. The van der Waals surface area contributed by atoms with Crippen molar-refractivity contribution in [2.45, 2.75) is 32.9 Å². The van der Waals surface area contributed by atoms with Gasteiger partial charge >= 0.3 is 6.09 Å². The topological polar surface area (TPSA) is 123 Å². The fourth-order valence-corrected chi connectivity index (χ4v) is 5.70. The first-order valence-electron chi connectivity index (χ1n) is 14.6. The molecule has 0 aliphatic carbocycles. The van der Waals surface area contributed by atoms with Gasteiger partial charge in [0.1, 0.15) is 11.2 Å². The van der Waals surface area contributed by atoms with Crippen LogP contribution in [0.4, 0.5) is 4.79 Å². The van der Waals surface area contributed by atoms with Crippen LogP contribution in [0.15, 0.2) is 77.9 Å². The van der Waals surface area contributed by atoms with Gasteiger partial charge in [0.2, 0.25) is 5.88 Å². The van der Waals surface area contributed by atoms with E-state index in [1.54, 1.807) is 51.2 Å². The van der Waals surface area contributed by atoms with Crippen LogP contribution in [0.2, 0.25) is 10.0 Å². The fraction of sp³-hybridized carbons (Fsp3) is 0.229. The number of aromatic nitrogens is 3. The second-order valence-electron chi connectivity index (χ2n) is 11.6. The van der Waals surface area contributed by atoms with E-state index in [0.29, 0.717) is 61.4 Å². The second-order valence-corrected chi connectivity index (χ2v) is 12.4. The van der Waals surface area contributed by atoms with Gasteiger partial charge < -0.3 is 19.5 Å². The standard InChI is InChI=1S/C35H32Cl2N4O6/c1-35(2,3)47-34(45)40(15-16-42)19-22-11-12-28(39-32(22)46-4)27-10-6-9-26(31(27)37)25-8-5-7-24(30(25)36)21-13-14-41-29(17-21)38-18-23(20-43)33(41)44/h5-14,17-18,20,42H,15-16,19H2,1-4H3. The number of nitrogens with zero attached hydrogens (tertiary/aromatic N) is 4. The number of halogens is 2. The molecular weight excluding hydrogens is 643 g/mol. The number of methoxy groups -OCH3 is 1. The molecule has 0 bridgehead atoms. The van der Waals surface area contributed by atoms with Crippen LogP contribution < -0.4 is 10.3 Å². The molecule has 0 atom stereocenters. The van der Waals surface area contributed by atoms with Gasteiger partial charge in [0.05, 0.1) is 41.6 Å². The molecule has 3 aromatic heterocycles. The molecule has 2 aromatic carbocycles. The van der Waals surface area contributed by atoms with E-state index in [0.717, 1.165) is 5.56 Å². The molecule has 1 amide bonds. The minimum atomic E-state index is -0.698. The summed E-state index contributed by atoms with van der Waals surface area (Å²) in [5.74, 6) is 0.291. The van der Waals surface area contributed by atoms with Crippen molar-refractivity contribution >= 4 is 41.2 Å². The first kappa shape index (κ1) is 33.6. The van der Waals surface area contributed by atoms with Crippen molar-refractivity contribution < 1.29 is 24.2 Å². The number of aldehydes is 1. The van der Waals surface area contributed by atoms with Gasteiger partial charge in [-0.05, 0) is 50.6 Å². The number of benzene rings is 2. The van der Waals surface area contributed by atoms with Gasteiger partial charge in [0.15, 0.2) is 6.29 Å². The predicted molar refractivity (Wildman–Crippen MR) is 181 cm³/mol. The molecule has 0 radical (unpaired) electrons. The monoisotopic (exact) mass is 674 g/mol. The highest BCUT2D eigenvalue weighted by atomic mass is 35.5. The van der Waals surface area contributed by atoms with E-state index in [1.165, 1.54) is 22.6 Å². The highest BCUT2D eigenvalue weighted by Gasteiger charge is 2.24. The van der Waals surface area contributed by atoms with Crippen molar-refractivity contribution in [2.24, 2.45) is 0 Å². The lowest BCUT2D eigenvalue weighted by Crippen LogP contribution is -2.38. The Morgan fingerprint density at radius 3 is 2.30 bits per heavy atom. The molecule has 0 aliphatic heterocycles. The normalized spacial score (nSPS) is 11.4. The number of hydrogen-bond acceptors (Lipinski definition) is 8. The quantitative estimate of drug-likeness (QED) is 0.167. The van der Waals surface area contributed by atoms with Crippen molar-refractivity contribution in [3.63, 3.8) is 0 Å². The summed E-state index contributed by atoms with van der Waals surface area (Å²) in [6.45, 7) is 5.27. The number of hydrogen-bond donors (Lipinski definition) is 1. The number of amides is 1. The third-order valence-electron chi connectivity index (χ3n) is 7.25. The van der Waals surface area contributed by atoms with Crippen molar-refractivity contribution in [1.82, 2.24) is 19.3 Å². The minimum absolute atomic E-state index is 0.0315. The smallest absolute Gasteiger partial charge is 0.410 e. The van der Waals surface area contributed by atoms with Crippen LogP contribution in [0.1, 0.15) is 36.7 Å². The summed E-state index contributed by atoms with van der Waals surface area (Å²) >= 11 is 14.0. The Hall–Kier alpha value is -4.77. The van der Waals surface area contributed by atoms with Gasteiger partial charge in [-0.1, -0.05) is 59.6 Å². The van der Waals surface area contributed by atoms with Gasteiger partial charge in [0.25, 0.3) is 5.56 Å². The number of fused-ring (bicyclic) bond motifs is 1. The molecular formula is C35H32Cl2N4O6. The fourth-order valence-electron chi connectivity index (χ4n) is 5.04. The number of carbonyl (C=O) groups excluding carboxylic acids is 2. The molecule has 10 nitrogen and oxygen atoms in total. The lowest BCUT2D eigenvalue weighted by molar-refractivity contribution is 0.0200. The maximum atomic E-state index is 12.8. The molecule has 242 valence electrons. The molecule has 0 fully saturated rings. The summed E-state index contributed by atoms with van der Waals surface area (Å²) in [5, 5.41) is 10.4. The Morgan fingerprint density at radius 1 is 1.00 bits per heavy atom. The number of aliphatic hydroxyl groups excluding tert-OH is 1. The van der Waals surface area contributed by atoms with Gasteiger partial charge in [-0.2, -0.15) is 0 Å². The largest absolute Gasteiger partial charge is 0.481 e. The highest BCUT2D eigenvalue weighted by Crippen LogP contribution is 2.42. The van der Waals surface area contributed by atoms with E-state index >= 15 is 0 Å². The average Bonchev–Trinajstić information content (AvgIpc) is 3.04. The van der Waals surface area contributed by atoms with Crippen LogP contribution in [0, 0.1) is 0 Å². The van der Waals surface area contributed by atoms with Gasteiger partial charge in [-0.15, -0.1) is 0 Å². The Morgan fingerprint density at radius 2 is 1.66 bits per heavy atom. The zero-order valence-corrected chi connectivity index (χ0v) is 27.7. The molecule has 3 heterocycles. The summed E-state index contributed by atoms with van der Waals surface area (Å²) in [6.07, 6.45) is 2.73. The van der Waals surface area contributed by atoms with Gasteiger partial charge in [0, 0.05) is 46.8 Å². The Bertz CT molecular complexity index is 2040. The SMILES string of the molecule is COc1nc(-c2cccc(-c3cccc(-c4ccn5c(=O)c(C=O)cnc5c4)c3Cl)c2Cl)ccc1CN(CCO)C(=O)OC(C)(C)C. The van der Waals surface area contributed by atoms with E-state index in [1.807, 2.05) is 36.4 Å². The van der Waals surface area contributed by atoms with E-state index in [4.69, 9.17) is 37.7 Å². The third kappa shape index (κ3) is 7.15. The number of carbonyl (C=O) groups is 2.